The smallest absolute Gasteiger partial charge is 0.407 e. The molecule has 2 aromatic heterocycles. The molecule has 0 bridgehead atoms. The summed E-state index contributed by atoms with van der Waals surface area (Å²) in [4.78, 5) is 66.7. The number of imidazole rings is 2. The van der Waals surface area contributed by atoms with E-state index in [0.29, 0.717) is 38.1 Å². The quantitative estimate of drug-likeness (QED) is 0.167. The Bertz CT molecular complexity index is 1800. The number of ether oxygens (including phenoxy) is 2. The molecule has 0 unspecified atom stereocenters. The van der Waals surface area contributed by atoms with Gasteiger partial charge in [0.25, 0.3) is 11.8 Å². The molecular formula is C38H48N10O6. The topological polar surface area (TPSA) is 181 Å². The third kappa shape index (κ3) is 7.96. The van der Waals surface area contributed by atoms with Crippen molar-refractivity contribution in [3.8, 4) is 33.6 Å². The lowest BCUT2D eigenvalue weighted by atomic mass is 10.0. The molecule has 0 radical (unpaired) electrons. The first-order valence-corrected chi connectivity index (χ1v) is 18.2. The molecule has 2 aliphatic rings. The van der Waals surface area contributed by atoms with Crippen molar-refractivity contribution in [2.24, 2.45) is 11.8 Å². The molecule has 16 heteroatoms. The van der Waals surface area contributed by atoms with Crippen LogP contribution in [0.1, 0.15) is 40.5 Å². The molecule has 4 N–H and O–H groups in total. The van der Waals surface area contributed by atoms with Crippen molar-refractivity contribution >= 4 is 35.9 Å². The van der Waals surface area contributed by atoms with Crippen LogP contribution in [0, 0.1) is 11.8 Å². The maximum absolute atomic E-state index is 13.5. The zero-order chi connectivity index (χ0) is 38.5. The molecular weight excluding hydrogens is 692 g/mol. The summed E-state index contributed by atoms with van der Waals surface area (Å²) in [6, 6.07) is 14.8. The maximum atomic E-state index is 13.5. The third-order valence-corrected chi connectivity index (χ3v) is 9.69. The Kier molecular flexibility index (Phi) is 11.4. The van der Waals surface area contributed by atoms with Crippen molar-refractivity contribution in [2.45, 2.75) is 52.6 Å². The number of methoxy groups -OCH3 is 2. The molecule has 2 aromatic carbocycles. The molecule has 54 heavy (non-hydrogen) atoms. The number of carbonyl (C=O) groups excluding carboxylic acids is 4. The van der Waals surface area contributed by atoms with Crippen LogP contribution in [0.5, 0.6) is 0 Å². The van der Waals surface area contributed by atoms with Crippen LogP contribution < -0.4 is 20.7 Å². The summed E-state index contributed by atoms with van der Waals surface area (Å²) in [5.74, 6) is 0.407. The Hall–Kier alpha value is -6.06. The second-order valence-electron chi connectivity index (χ2n) is 14.0. The lowest BCUT2D eigenvalue weighted by molar-refractivity contribution is -0.134. The minimum Gasteiger partial charge on any atom is -0.453 e. The van der Waals surface area contributed by atoms with Gasteiger partial charge in [-0.05, 0) is 46.9 Å². The number of hydrogen-bond donors (Lipinski definition) is 4. The van der Waals surface area contributed by atoms with Crippen molar-refractivity contribution in [1.29, 1.82) is 0 Å². The number of H-pyrrole nitrogens is 2. The fourth-order valence-electron chi connectivity index (χ4n) is 6.70. The highest BCUT2D eigenvalue weighted by Gasteiger charge is 2.37. The number of nitrogens with zero attached hydrogens (tertiary/aromatic N) is 6. The predicted octanol–water partition coefficient (Wildman–Crippen LogP) is 4.80. The number of carbonyl (C=O) groups is 4. The van der Waals surface area contributed by atoms with E-state index < -0.39 is 24.3 Å². The Morgan fingerprint density at radius 1 is 0.593 bits per heavy atom. The SMILES string of the molecule is COC(=O)N[C@H](C(=O)N1CCCN1c1ncc(-c2ccc(-c3ccc(-c4cnc(N5CCCN5C(=O)[C@@H](NC(=O)OC)C(C)C)[nH]4)cc3)cc2)[nH]1)C(C)C. The van der Waals surface area contributed by atoms with Gasteiger partial charge in [0.1, 0.15) is 12.1 Å². The fraction of sp³-hybridized carbons (Fsp3) is 0.421. The monoisotopic (exact) mass is 740 g/mol. The zero-order valence-electron chi connectivity index (χ0n) is 31.5. The lowest BCUT2D eigenvalue weighted by Gasteiger charge is -2.32. The van der Waals surface area contributed by atoms with E-state index in [9.17, 15) is 19.2 Å². The van der Waals surface area contributed by atoms with Gasteiger partial charge in [0, 0.05) is 26.2 Å². The third-order valence-electron chi connectivity index (χ3n) is 9.69. The minimum atomic E-state index is -0.731. The van der Waals surface area contributed by atoms with E-state index in [2.05, 4.69) is 54.8 Å². The Labute approximate surface area is 314 Å². The molecule has 4 amide bonds. The number of hydrogen-bond acceptors (Lipinski definition) is 10. The number of amides is 4. The van der Waals surface area contributed by atoms with Crippen LogP contribution in [-0.2, 0) is 19.1 Å². The van der Waals surface area contributed by atoms with E-state index in [1.165, 1.54) is 14.2 Å². The van der Waals surface area contributed by atoms with Gasteiger partial charge in [-0.3, -0.25) is 19.6 Å². The van der Waals surface area contributed by atoms with Crippen LogP contribution in [0.25, 0.3) is 33.6 Å². The van der Waals surface area contributed by atoms with Gasteiger partial charge in [-0.15, -0.1) is 0 Å². The van der Waals surface area contributed by atoms with Gasteiger partial charge in [-0.1, -0.05) is 76.2 Å². The van der Waals surface area contributed by atoms with Gasteiger partial charge in [0.15, 0.2) is 0 Å². The molecule has 2 fully saturated rings. The molecule has 0 aliphatic carbocycles. The normalized spacial score (nSPS) is 15.5. The first-order valence-electron chi connectivity index (χ1n) is 18.2. The van der Waals surface area contributed by atoms with Crippen LogP contribution in [-0.4, -0.2) is 106 Å². The van der Waals surface area contributed by atoms with E-state index in [-0.39, 0.29) is 23.7 Å². The molecule has 4 heterocycles. The predicted molar refractivity (Wildman–Crippen MR) is 203 cm³/mol. The van der Waals surface area contributed by atoms with Crippen molar-refractivity contribution in [3.63, 3.8) is 0 Å². The van der Waals surface area contributed by atoms with E-state index in [0.717, 1.165) is 46.5 Å². The first-order chi connectivity index (χ1) is 26.0. The Balaban J connectivity index is 1.11. The highest BCUT2D eigenvalue weighted by molar-refractivity contribution is 5.88. The first kappa shape index (κ1) is 37.7. The van der Waals surface area contributed by atoms with Crippen LogP contribution in [0.4, 0.5) is 21.5 Å². The number of anilines is 2. The molecule has 2 atom stereocenters. The summed E-state index contributed by atoms with van der Waals surface area (Å²) in [5, 5.41) is 12.3. The minimum absolute atomic E-state index is 0.132. The van der Waals surface area contributed by atoms with Crippen molar-refractivity contribution in [3.05, 3.63) is 60.9 Å². The molecule has 16 nitrogen and oxygen atoms in total. The Morgan fingerprint density at radius 2 is 0.944 bits per heavy atom. The van der Waals surface area contributed by atoms with Gasteiger partial charge < -0.3 is 30.1 Å². The van der Waals surface area contributed by atoms with E-state index in [1.807, 2.05) is 62.0 Å². The van der Waals surface area contributed by atoms with Crippen LogP contribution in [0.2, 0.25) is 0 Å². The van der Waals surface area contributed by atoms with Gasteiger partial charge >= 0.3 is 12.2 Å². The second kappa shape index (κ2) is 16.3. The average Bonchev–Trinajstić information content (AvgIpc) is 4.02. The number of aromatic nitrogens is 4. The van der Waals surface area contributed by atoms with Gasteiger partial charge in [-0.25, -0.2) is 29.6 Å². The molecule has 0 saturated carbocycles. The molecule has 6 rings (SSSR count). The zero-order valence-corrected chi connectivity index (χ0v) is 31.5. The van der Waals surface area contributed by atoms with Crippen molar-refractivity contribution in [1.82, 2.24) is 40.6 Å². The summed E-state index contributed by atoms with van der Waals surface area (Å²) in [6.07, 6.45) is 3.76. The molecule has 286 valence electrons. The average molecular weight is 741 g/mol. The van der Waals surface area contributed by atoms with Crippen molar-refractivity contribution in [2.75, 3.05) is 50.4 Å². The fourth-order valence-corrected chi connectivity index (χ4v) is 6.70. The Morgan fingerprint density at radius 3 is 1.28 bits per heavy atom. The summed E-state index contributed by atoms with van der Waals surface area (Å²) in [6.45, 7) is 9.78. The number of rotatable bonds is 11. The highest BCUT2D eigenvalue weighted by atomic mass is 16.5. The maximum Gasteiger partial charge on any atom is 0.407 e. The standard InChI is InChI=1S/C38H48N10O6/c1-23(2)31(43-37(51)53-5)33(49)45-17-7-19-47(45)35-39-21-29(41-35)27-13-9-25(10-14-27)26-11-15-28(16-12-26)30-22-40-36(42-30)48-20-8-18-46(48)34(50)32(24(3)4)44-38(52)54-6/h9-16,21-24,31-32H,7-8,17-20H2,1-6H3,(H,39,41)(H,40,42)(H,43,51)(H,44,52)/t31-,32-/m0/s1. The van der Waals surface area contributed by atoms with E-state index in [1.54, 1.807) is 22.4 Å². The number of alkyl carbamates (subject to hydrolysis) is 2. The molecule has 4 aromatic rings. The summed E-state index contributed by atoms with van der Waals surface area (Å²) in [7, 11) is 2.55. The van der Waals surface area contributed by atoms with Crippen LogP contribution >= 0.6 is 0 Å². The number of hydrazine groups is 2. The van der Waals surface area contributed by atoms with Gasteiger partial charge in [0.2, 0.25) is 11.9 Å². The van der Waals surface area contributed by atoms with Crippen LogP contribution in [0.3, 0.4) is 0 Å². The van der Waals surface area contributed by atoms with Gasteiger partial charge in [-0.2, -0.15) is 0 Å². The largest absolute Gasteiger partial charge is 0.453 e. The summed E-state index contributed by atoms with van der Waals surface area (Å²) in [5.41, 5.74) is 5.59. The number of aromatic amines is 2. The highest BCUT2D eigenvalue weighted by Crippen LogP contribution is 2.30. The number of nitrogens with one attached hydrogen (secondary N) is 4. The van der Waals surface area contributed by atoms with E-state index >= 15 is 0 Å². The summed E-state index contributed by atoms with van der Waals surface area (Å²) < 4.78 is 9.47. The number of benzene rings is 2. The van der Waals surface area contributed by atoms with Crippen molar-refractivity contribution < 1.29 is 28.7 Å². The lowest BCUT2D eigenvalue weighted by Crippen LogP contribution is -2.54. The molecule has 2 aliphatic heterocycles. The van der Waals surface area contributed by atoms with E-state index in [4.69, 9.17) is 9.47 Å². The van der Waals surface area contributed by atoms with Crippen LogP contribution in [0.15, 0.2) is 60.9 Å². The van der Waals surface area contributed by atoms with Gasteiger partial charge in [0.05, 0.1) is 38.0 Å². The second-order valence-corrected chi connectivity index (χ2v) is 14.0. The summed E-state index contributed by atoms with van der Waals surface area (Å²) >= 11 is 0. The molecule has 0 spiro atoms. The molecule has 2 saturated heterocycles.